The summed E-state index contributed by atoms with van der Waals surface area (Å²) in [6.45, 7) is 1.94. The van der Waals surface area contributed by atoms with Gasteiger partial charge in [0.05, 0.1) is 17.3 Å². The molecule has 128 valence electrons. The van der Waals surface area contributed by atoms with Crippen LogP contribution in [0.15, 0.2) is 34.0 Å². The van der Waals surface area contributed by atoms with Gasteiger partial charge < -0.3 is 4.52 Å². The van der Waals surface area contributed by atoms with Crippen molar-refractivity contribution in [3.8, 4) is 0 Å². The molecule has 24 heavy (non-hydrogen) atoms. The molecular formula is C17H16F3NO2S. The van der Waals surface area contributed by atoms with Gasteiger partial charge in [0.2, 0.25) is 0 Å². The second-order valence-electron chi connectivity index (χ2n) is 5.80. The zero-order valence-electron chi connectivity index (χ0n) is 13.0. The summed E-state index contributed by atoms with van der Waals surface area (Å²) in [4.78, 5) is 13.0. The number of alkyl halides is 3. The first-order chi connectivity index (χ1) is 11.4. The smallest absolute Gasteiger partial charge is 0.364 e. The van der Waals surface area contributed by atoms with Crippen LogP contribution < -0.4 is 0 Å². The molecule has 1 heterocycles. The molecule has 0 bridgehead atoms. The summed E-state index contributed by atoms with van der Waals surface area (Å²) in [7, 11) is 0. The number of carbonyl (C=O) groups excluding carboxylic acids is 1. The highest BCUT2D eigenvalue weighted by molar-refractivity contribution is 7.99. The second kappa shape index (κ2) is 6.63. The second-order valence-corrected chi connectivity index (χ2v) is 6.94. The number of ketones is 1. The molecule has 0 saturated heterocycles. The first kappa shape index (κ1) is 17.1. The Morgan fingerprint density at radius 2 is 2.12 bits per heavy atom. The molecule has 3 nitrogen and oxygen atoms in total. The Labute approximate surface area is 141 Å². The van der Waals surface area contributed by atoms with Crippen LogP contribution >= 0.6 is 11.8 Å². The SMILES string of the molecule is CCCSc1cc(C(F)(F)F)c(C2CC2)cc1C(=O)c1cnoc1. The van der Waals surface area contributed by atoms with E-state index in [1.165, 1.54) is 30.3 Å². The summed E-state index contributed by atoms with van der Waals surface area (Å²) in [5, 5.41) is 3.50. The van der Waals surface area contributed by atoms with Gasteiger partial charge >= 0.3 is 6.18 Å². The summed E-state index contributed by atoms with van der Waals surface area (Å²) in [5.74, 6) is 0.177. The highest BCUT2D eigenvalue weighted by Crippen LogP contribution is 2.47. The maximum Gasteiger partial charge on any atom is 0.416 e. The van der Waals surface area contributed by atoms with Crippen molar-refractivity contribution in [3.63, 3.8) is 0 Å². The molecule has 0 N–H and O–H groups in total. The number of hydrogen-bond donors (Lipinski definition) is 0. The van der Waals surface area contributed by atoms with Gasteiger partial charge in [-0.15, -0.1) is 11.8 Å². The molecule has 1 aliphatic rings. The molecule has 1 aliphatic carbocycles. The van der Waals surface area contributed by atoms with Gasteiger partial charge in [-0.3, -0.25) is 4.79 Å². The molecule has 0 radical (unpaired) electrons. The van der Waals surface area contributed by atoms with E-state index in [1.54, 1.807) is 0 Å². The Kier molecular flexibility index (Phi) is 4.71. The third-order valence-electron chi connectivity index (χ3n) is 3.88. The number of rotatable bonds is 6. The quantitative estimate of drug-likeness (QED) is 0.521. The van der Waals surface area contributed by atoms with Crippen LogP contribution in [-0.4, -0.2) is 16.7 Å². The average molecular weight is 355 g/mol. The summed E-state index contributed by atoms with van der Waals surface area (Å²) in [6.07, 6.45) is 0.336. The van der Waals surface area contributed by atoms with Gasteiger partial charge in [0.15, 0.2) is 5.78 Å². The van der Waals surface area contributed by atoms with E-state index >= 15 is 0 Å². The molecule has 3 rings (SSSR count). The van der Waals surface area contributed by atoms with Crippen LogP contribution in [-0.2, 0) is 6.18 Å². The van der Waals surface area contributed by atoms with Gasteiger partial charge in [-0.05, 0) is 48.6 Å². The molecule has 0 unspecified atom stereocenters. The Morgan fingerprint density at radius 1 is 1.38 bits per heavy atom. The van der Waals surface area contributed by atoms with Gasteiger partial charge in [-0.1, -0.05) is 12.1 Å². The van der Waals surface area contributed by atoms with E-state index in [1.807, 2.05) is 6.92 Å². The lowest BCUT2D eigenvalue weighted by molar-refractivity contribution is -0.138. The molecule has 1 saturated carbocycles. The molecule has 1 aromatic heterocycles. The Bertz CT molecular complexity index is 737. The molecule has 0 atom stereocenters. The van der Waals surface area contributed by atoms with Crippen LogP contribution in [0.2, 0.25) is 0 Å². The zero-order valence-corrected chi connectivity index (χ0v) is 13.8. The van der Waals surface area contributed by atoms with Crippen LogP contribution in [0.4, 0.5) is 13.2 Å². The summed E-state index contributed by atoms with van der Waals surface area (Å²) >= 11 is 1.27. The number of carbonyl (C=O) groups is 1. The van der Waals surface area contributed by atoms with Gasteiger partial charge in [0.1, 0.15) is 6.26 Å². The number of benzene rings is 1. The Hall–Kier alpha value is -1.76. The Morgan fingerprint density at radius 3 is 2.67 bits per heavy atom. The van der Waals surface area contributed by atoms with Crippen molar-refractivity contribution in [1.82, 2.24) is 5.16 Å². The van der Waals surface area contributed by atoms with Crippen molar-refractivity contribution < 1.29 is 22.5 Å². The minimum atomic E-state index is -4.42. The lowest BCUT2D eigenvalue weighted by atomic mass is 9.96. The molecule has 7 heteroatoms. The number of aromatic nitrogens is 1. The third-order valence-corrected chi connectivity index (χ3v) is 5.14. The normalized spacial score (nSPS) is 14.8. The van der Waals surface area contributed by atoms with Crippen molar-refractivity contribution in [1.29, 1.82) is 0 Å². The highest BCUT2D eigenvalue weighted by atomic mass is 32.2. The zero-order chi connectivity index (χ0) is 17.3. The van der Waals surface area contributed by atoms with E-state index in [2.05, 4.69) is 9.68 Å². The van der Waals surface area contributed by atoms with Crippen molar-refractivity contribution in [2.24, 2.45) is 0 Å². The van der Waals surface area contributed by atoms with Crippen LogP contribution in [0.3, 0.4) is 0 Å². The molecule has 0 spiro atoms. The van der Waals surface area contributed by atoms with Crippen molar-refractivity contribution in [3.05, 3.63) is 46.8 Å². The minimum Gasteiger partial charge on any atom is -0.364 e. The highest BCUT2D eigenvalue weighted by Gasteiger charge is 2.39. The number of nitrogens with zero attached hydrogens (tertiary/aromatic N) is 1. The minimum absolute atomic E-state index is 0.110. The third kappa shape index (κ3) is 3.50. The largest absolute Gasteiger partial charge is 0.416 e. The number of thioether (sulfide) groups is 1. The average Bonchev–Trinajstić information content (AvgIpc) is 3.24. The molecule has 0 aliphatic heterocycles. The lowest BCUT2D eigenvalue weighted by Gasteiger charge is -2.17. The maximum atomic E-state index is 13.4. The van der Waals surface area contributed by atoms with Gasteiger partial charge in [0, 0.05) is 10.5 Å². The predicted octanol–water partition coefficient (Wildman–Crippen LogP) is 5.30. The summed E-state index contributed by atoms with van der Waals surface area (Å²) < 4.78 is 45.0. The van der Waals surface area contributed by atoms with E-state index in [0.29, 0.717) is 16.2 Å². The molecule has 1 aromatic carbocycles. The fraction of sp³-hybridized carbons (Fsp3) is 0.412. The molecular weight excluding hydrogens is 339 g/mol. The standard InChI is InChI=1S/C17H16F3NO2S/c1-2-5-24-15-7-14(17(18,19)20)12(10-3-4-10)6-13(15)16(22)11-8-21-23-9-11/h6-10H,2-5H2,1H3. The van der Waals surface area contributed by atoms with Crippen LogP contribution in [0, 0.1) is 0 Å². The van der Waals surface area contributed by atoms with Crippen LogP contribution in [0.25, 0.3) is 0 Å². The Balaban J connectivity index is 2.11. The molecule has 1 fully saturated rings. The van der Waals surface area contributed by atoms with Gasteiger partial charge in [-0.25, -0.2) is 0 Å². The lowest BCUT2D eigenvalue weighted by Crippen LogP contribution is -2.12. The molecule has 0 amide bonds. The van der Waals surface area contributed by atoms with E-state index in [0.717, 1.165) is 25.3 Å². The number of hydrogen-bond acceptors (Lipinski definition) is 4. The van der Waals surface area contributed by atoms with Crippen LogP contribution in [0.5, 0.6) is 0 Å². The fourth-order valence-electron chi connectivity index (χ4n) is 2.56. The predicted molar refractivity (Wildman–Crippen MR) is 84.4 cm³/mol. The first-order valence-corrected chi connectivity index (χ1v) is 8.72. The summed E-state index contributed by atoms with van der Waals surface area (Å²) in [5.41, 5.74) is 0.148. The van der Waals surface area contributed by atoms with Crippen LogP contribution in [0.1, 0.15) is 59.2 Å². The monoisotopic (exact) mass is 355 g/mol. The van der Waals surface area contributed by atoms with E-state index in [-0.39, 0.29) is 22.8 Å². The fourth-order valence-corrected chi connectivity index (χ4v) is 3.49. The van der Waals surface area contributed by atoms with E-state index in [9.17, 15) is 18.0 Å². The van der Waals surface area contributed by atoms with Crippen molar-refractivity contribution in [2.45, 2.75) is 43.2 Å². The maximum absolute atomic E-state index is 13.4. The van der Waals surface area contributed by atoms with Crippen molar-refractivity contribution in [2.75, 3.05) is 5.75 Å². The van der Waals surface area contributed by atoms with Gasteiger partial charge in [0.25, 0.3) is 0 Å². The summed E-state index contributed by atoms with van der Waals surface area (Å²) in [6, 6.07) is 2.56. The first-order valence-electron chi connectivity index (χ1n) is 7.73. The number of halogens is 3. The van der Waals surface area contributed by atoms with E-state index < -0.39 is 11.7 Å². The topological polar surface area (TPSA) is 43.1 Å². The van der Waals surface area contributed by atoms with Gasteiger partial charge in [-0.2, -0.15) is 13.2 Å². The van der Waals surface area contributed by atoms with E-state index in [4.69, 9.17) is 0 Å². The molecule has 2 aromatic rings. The van der Waals surface area contributed by atoms with Crippen molar-refractivity contribution >= 4 is 17.5 Å².